The Kier molecular flexibility index (Phi) is 8.20. The van der Waals surface area contributed by atoms with Crippen molar-refractivity contribution in [3.8, 4) is 0 Å². The number of nitrogens with zero attached hydrogens (tertiary/aromatic N) is 3. The monoisotopic (exact) mass is 563 g/mol. The molecule has 2 N–H and O–H groups in total. The Balaban J connectivity index is 0.00000308. The average molecular weight is 564 g/mol. The number of carbonyl (C=O) groups excluding carboxylic acids is 3. The van der Waals surface area contributed by atoms with Crippen LogP contribution in [0.5, 0.6) is 0 Å². The highest BCUT2D eigenvalue weighted by molar-refractivity contribution is 6.06. The summed E-state index contributed by atoms with van der Waals surface area (Å²) in [5.74, 6) is -1.55. The Hall–Kier alpha value is -2.27. The maximum atomic E-state index is 16.1. The minimum Gasteiger partial charge on any atom is -0.375 e. The maximum Gasteiger partial charge on any atom is 0.255 e. The number of ether oxygens (including phenoxy) is 1. The molecule has 1 saturated carbocycles. The zero-order valence-corrected chi connectivity index (χ0v) is 23.5. The molecule has 4 aliphatic heterocycles. The standard InChI is InChI=1S/C28H38FN5O4.ClH/c1-16-15-32(18-13-20(14-18)38-19-7-9-30-10-8-19)11-12-33(16)22-4-3-21-25(26(22)29)17(2)34(28(21)37)23-5-6-24(35)31-27(23)36;/h3-4,16-20,23,30H,5-15H2,1-2H3,(H,31,35,36);1H. The summed E-state index contributed by atoms with van der Waals surface area (Å²) in [6, 6.07) is 2.72. The van der Waals surface area contributed by atoms with E-state index in [9.17, 15) is 14.4 Å². The number of piperazine rings is 1. The van der Waals surface area contributed by atoms with E-state index in [0.717, 1.165) is 51.9 Å². The lowest BCUT2D eigenvalue weighted by Gasteiger charge is -2.49. The van der Waals surface area contributed by atoms with Crippen LogP contribution in [0.2, 0.25) is 0 Å². The molecule has 6 rings (SSSR count). The molecule has 0 radical (unpaired) electrons. The van der Waals surface area contributed by atoms with Crippen molar-refractivity contribution in [1.82, 2.24) is 20.4 Å². The molecule has 0 spiro atoms. The zero-order chi connectivity index (χ0) is 26.6. The first kappa shape index (κ1) is 28.3. The second-order valence-corrected chi connectivity index (χ2v) is 11.6. The molecule has 1 aliphatic carbocycles. The van der Waals surface area contributed by atoms with E-state index in [-0.39, 0.29) is 48.9 Å². The van der Waals surface area contributed by atoms with Gasteiger partial charge in [-0.15, -0.1) is 12.4 Å². The Labute approximate surface area is 235 Å². The van der Waals surface area contributed by atoms with Crippen LogP contribution < -0.4 is 15.5 Å². The van der Waals surface area contributed by atoms with Crippen molar-refractivity contribution in [1.29, 1.82) is 0 Å². The van der Waals surface area contributed by atoms with Gasteiger partial charge in [-0.05, 0) is 71.2 Å². The second-order valence-electron chi connectivity index (χ2n) is 11.6. The number of hydrogen-bond donors (Lipinski definition) is 2. The first-order valence-corrected chi connectivity index (χ1v) is 14.2. The lowest BCUT2D eigenvalue weighted by molar-refractivity contribution is -0.137. The molecule has 4 heterocycles. The number of rotatable bonds is 5. The molecule has 1 aromatic carbocycles. The highest BCUT2D eigenvalue weighted by atomic mass is 35.5. The number of benzene rings is 1. The van der Waals surface area contributed by atoms with E-state index < -0.39 is 18.0 Å². The van der Waals surface area contributed by atoms with Gasteiger partial charge in [0.1, 0.15) is 6.04 Å². The summed E-state index contributed by atoms with van der Waals surface area (Å²) in [7, 11) is 0. The number of nitrogens with one attached hydrogen (secondary N) is 2. The fraction of sp³-hybridized carbons (Fsp3) is 0.679. The molecule has 39 heavy (non-hydrogen) atoms. The van der Waals surface area contributed by atoms with E-state index in [1.54, 1.807) is 19.1 Å². The number of fused-ring (bicyclic) bond motifs is 1. The molecule has 4 fully saturated rings. The zero-order valence-electron chi connectivity index (χ0n) is 22.7. The van der Waals surface area contributed by atoms with E-state index in [4.69, 9.17) is 4.74 Å². The van der Waals surface area contributed by atoms with Crippen LogP contribution in [0, 0.1) is 5.82 Å². The Morgan fingerprint density at radius 1 is 1.00 bits per heavy atom. The fourth-order valence-corrected chi connectivity index (χ4v) is 7.04. The van der Waals surface area contributed by atoms with Crippen LogP contribution in [-0.4, -0.2) is 90.6 Å². The quantitative estimate of drug-likeness (QED) is 0.531. The van der Waals surface area contributed by atoms with Gasteiger partial charge in [0.25, 0.3) is 5.91 Å². The highest BCUT2D eigenvalue weighted by Crippen LogP contribution is 2.42. The van der Waals surface area contributed by atoms with Gasteiger partial charge >= 0.3 is 0 Å². The number of hydrogen-bond acceptors (Lipinski definition) is 7. The van der Waals surface area contributed by atoms with Crippen LogP contribution in [0.1, 0.15) is 74.3 Å². The predicted molar refractivity (Wildman–Crippen MR) is 147 cm³/mol. The first-order valence-electron chi connectivity index (χ1n) is 14.2. The molecular formula is C28H39ClFN5O4. The molecule has 3 saturated heterocycles. The maximum absolute atomic E-state index is 16.1. The van der Waals surface area contributed by atoms with E-state index in [1.807, 2.05) is 0 Å². The van der Waals surface area contributed by atoms with E-state index in [0.29, 0.717) is 41.6 Å². The molecule has 5 aliphatic rings. The van der Waals surface area contributed by atoms with Gasteiger partial charge in [-0.1, -0.05) is 0 Å². The number of anilines is 1. The van der Waals surface area contributed by atoms with Crippen molar-refractivity contribution in [2.75, 3.05) is 37.6 Å². The number of amides is 3. The highest BCUT2D eigenvalue weighted by Gasteiger charge is 2.45. The lowest BCUT2D eigenvalue weighted by Crippen LogP contribution is -2.59. The summed E-state index contributed by atoms with van der Waals surface area (Å²) in [6.07, 6.45) is 5.51. The van der Waals surface area contributed by atoms with Gasteiger partial charge in [0.2, 0.25) is 11.8 Å². The number of imide groups is 1. The van der Waals surface area contributed by atoms with Gasteiger partial charge in [0.05, 0.1) is 23.9 Å². The minimum atomic E-state index is -0.766. The summed E-state index contributed by atoms with van der Waals surface area (Å²) in [4.78, 5) is 43.3. The van der Waals surface area contributed by atoms with Gasteiger partial charge in [-0.2, -0.15) is 0 Å². The van der Waals surface area contributed by atoms with Crippen molar-refractivity contribution in [3.63, 3.8) is 0 Å². The molecule has 11 heteroatoms. The molecule has 9 nitrogen and oxygen atoms in total. The van der Waals surface area contributed by atoms with Crippen molar-refractivity contribution >= 4 is 35.8 Å². The first-order chi connectivity index (χ1) is 18.3. The van der Waals surface area contributed by atoms with Crippen molar-refractivity contribution < 1.29 is 23.5 Å². The molecular weight excluding hydrogens is 525 g/mol. The molecule has 3 amide bonds. The van der Waals surface area contributed by atoms with E-state index >= 15 is 4.39 Å². The normalized spacial score (nSPS) is 32.0. The summed E-state index contributed by atoms with van der Waals surface area (Å²) in [5.41, 5.74) is 1.18. The smallest absolute Gasteiger partial charge is 0.255 e. The van der Waals surface area contributed by atoms with Crippen LogP contribution in [0.4, 0.5) is 10.1 Å². The van der Waals surface area contributed by atoms with Crippen LogP contribution >= 0.6 is 12.4 Å². The van der Waals surface area contributed by atoms with E-state index in [2.05, 4.69) is 27.4 Å². The van der Waals surface area contributed by atoms with Crippen molar-refractivity contribution in [2.45, 2.75) is 88.7 Å². The Morgan fingerprint density at radius 2 is 1.74 bits per heavy atom. The third kappa shape index (κ3) is 5.16. The van der Waals surface area contributed by atoms with Gasteiger partial charge in [0.15, 0.2) is 5.82 Å². The van der Waals surface area contributed by atoms with Crippen molar-refractivity contribution in [2.24, 2.45) is 0 Å². The molecule has 3 unspecified atom stereocenters. The van der Waals surface area contributed by atoms with Gasteiger partial charge in [-0.25, -0.2) is 4.39 Å². The molecule has 214 valence electrons. The third-order valence-corrected chi connectivity index (χ3v) is 9.23. The molecule has 1 aromatic rings. The van der Waals surface area contributed by atoms with Gasteiger partial charge in [-0.3, -0.25) is 24.6 Å². The third-order valence-electron chi connectivity index (χ3n) is 9.23. The van der Waals surface area contributed by atoms with Gasteiger partial charge in [0, 0.05) is 49.3 Å². The van der Waals surface area contributed by atoms with Crippen LogP contribution in [0.3, 0.4) is 0 Å². The predicted octanol–water partition coefficient (Wildman–Crippen LogP) is 2.38. The number of halogens is 2. The van der Waals surface area contributed by atoms with E-state index in [1.165, 1.54) is 4.90 Å². The van der Waals surface area contributed by atoms with Crippen molar-refractivity contribution in [3.05, 3.63) is 29.1 Å². The summed E-state index contributed by atoms with van der Waals surface area (Å²) < 4.78 is 22.4. The second kappa shape index (κ2) is 11.3. The minimum absolute atomic E-state index is 0. The summed E-state index contributed by atoms with van der Waals surface area (Å²) in [6.45, 7) is 8.42. The van der Waals surface area contributed by atoms with Gasteiger partial charge < -0.3 is 19.9 Å². The molecule has 0 bridgehead atoms. The number of piperidine rings is 2. The van der Waals surface area contributed by atoms with Crippen LogP contribution in [-0.2, 0) is 14.3 Å². The lowest BCUT2D eigenvalue weighted by atomic mass is 9.86. The molecule has 0 aromatic heterocycles. The molecule has 3 atom stereocenters. The van der Waals surface area contributed by atoms with Crippen LogP contribution in [0.25, 0.3) is 0 Å². The average Bonchev–Trinajstić information content (AvgIpc) is 3.13. The number of carbonyl (C=O) groups is 3. The SMILES string of the molecule is CC1CN(C2CC(OC3CCNCC3)C2)CCN1c1ccc2c(c1F)C(C)N(C1CCC(=O)NC1=O)C2=O.Cl. The Morgan fingerprint density at radius 3 is 2.44 bits per heavy atom. The largest absolute Gasteiger partial charge is 0.375 e. The summed E-state index contributed by atoms with van der Waals surface area (Å²) in [5, 5.41) is 5.70. The topological polar surface area (TPSA) is 94.2 Å². The fourth-order valence-electron chi connectivity index (χ4n) is 7.04. The van der Waals surface area contributed by atoms with Crippen LogP contribution in [0.15, 0.2) is 12.1 Å². The Bertz CT molecular complexity index is 1130. The summed E-state index contributed by atoms with van der Waals surface area (Å²) >= 11 is 0.